The minimum Gasteiger partial charge on any atom is -0.497 e. The molecule has 2 aromatic carbocycles. The maximum absolute atomic E-state index is 12.4. The Morgan fingerprint density at radius 2 is 1.86 bits per heavy atom. The maximum atomic E-state index is 12.4. The van der Waals surface area contributed by atoms with Crippen LogP contribution in [0.15, 0.2) is 60.7 Å². The molecule has 29 heavy (non-hydrogen) atoms. The van der Waals surface area contributed by atoms with Gasteiger partial charge in [-0.3, -0.25) is 0 Å². The molecule has 2 aromatic heterocycles. The number of benzene rings is 2. The number of aromatic nitrogens is 3. The molecule has 4 rings (SSSR count). The van der Waals surface area contributed by atoms with Crippen LogP contribution in [0.3, 0.4) is 0 Å². The van der Waals surface area contributed by atoms with Crippen molar-refractivity contribution in [2.24, 2.45) is 0 Å². The fraction of sp³-hybridized carbons (Fsp3) is 0.136. The van der Waals surface area contributed by atoms with Gasteiger partial charge in [-0.2, -0.15) is 5.10 Å². The first-order chi connectivity index (χ1) is 14.1. The first-order valence-corrected chi connectivity index (χ1v) is 9.45. The first-order valence-electron chi connectivity index (χ1n) is 9.07. The zero-order valence-corrected chi connectivity index (χ0v) is 16.7. The van der Waals surface area contributed by atoms with Gasteiger partial charge in [-0.05, 0) is 37.3 Å². The lowest BCUT2D eigenvalue weighted by Crippen LogP contribution is -2.09. The molecule has 0 amide bonds. The number of hydrogen-bond acceptors (Lipinski definition) is 5. The molecule has 0 N–H and O–H groups in total. The van der Waals surface area contributed by atoms with Gasteiger partial charge in [0.25, 0.3) is 0 Å². The molecule has 6 nitrogen and oxygen atoms in total. The number of esters is 1. The summed E-state index contributed by atoms with van der Waals surface area (Å²) in [5, 5.41) is 5.36. The van der Waals surface area contributed by atoms with E-state index in [0.29, 0.717) is 22.1 Å². The third-order valence-corrected chi connectivity index (χ3v) is 4.67. The van der Waals surface area contributed by atoms with E-state index < -0.39 is 5.97 Å². The first kappa shape index (κ1) is 19.0. The van der Waals surface area contributed by atoms with Crippen molar-refractivity contribution in [1.29, 1.82) is 0 Å². The smallest absolute Gasteiger partial charge is 0.357 e. The van der Waals surface area contributed by atoms with E-state index in [1.807, 2.05) is 42.5 Å². The van der Waals surface area contributed by atoms with Crippen molar-refractivity contribution >= 4 is 23.2 Å². The molecule has 0 saturated heterocycles. The molecule has 0 fully saturated rings. The third kappa shape index (κ3) is 3.79. The Bertz CT molecular complexity index is 1190. The van der Waals surface area contributed by atoms with Gasteiger partial charge in [0.15, 0.2) is 11.3 Å². The monoisotopic (exact) mass is 407 g/mol. The van der Waals surface area contributed by atoms with E-state index in [1.54, 1.807) is 36.7 Å². The predicted octanol–water partition coefficient (Wildman–Crippen LogP) is 4.90. The Hall–Kier alpha value is -3.38. The van der Waals surface area contributed by atoms with Gasteiger partial charge in [-0.15, -0.1) is 0 Å². The Kier molecular flexibility index (Phi) is 5.18. The number of halogens is 1. The zero-order chi connectivity index (χ0) is 20.4. The topological polar surface area (TPSA) is 65.7 Å². The van der Waals surface area contributed by atoms with Crippen molar-refractivity contribution < 1.29 is 14.3 Å². The molecule has 0 aliphatic heterocycles. The number of ether oxygens (including phenoxy) is 2. The predicted molar refractivity (Wildman–Crippen MR) is 111 cm³/mol. The molecule has 2 heterocycles. The lowest BCUT2D eigenvalue weighted by Gasteiger charge is -2.09. The van der Waals surface area contributed by atoms with Crippen molar-refractivity contribution in [3.8, 4) is 28.3 Å². The molecule has 0 radical (unpaired) electrons. The van der Waals surface area contributed by atoms with Gasteiger partial charge in [0.2, 0.25) is 0 Å². The van der Waals surface area contributed by atoms with Gasteiger partial charge in [0, 0.05) is 22.2 Å². The molecule has 0 atom stereocenters. The molecule has 0 unspecified atom stereocenters. The normalized spacial score (nSPS) is 10.9. The van der Waals surface area contributed by atoms with Gasteiger partial charge in [-0.25, -0.2) is 14.3 Å². The number of nitrogens with zero attached hydrogens (tertiary/aromatic N) is 3. The molecule has 0 aliphatic carbocycles. The van der Waals surface area contributed by atoms with Gasteiger partial charge in [0.05, 0.1) is 25.1 Å². The number of fused-ring (bicyclic) bond motifs is 1. The summed E-state index contributed by atoms with van der Waals surface area (Å²) in [4.78, 5) is 16.8. The van der Waals surface area contributed by atoms with Crippen LogP contribution in [0.1, 0.15) is 17.4 Å². The van der Waals surface area contributed by atoms with Gasteiger partial charge >= 0.3 is 5.97 Å². The summed E-state index contributed by atoms with van der Waals surface area (Å²) in [5.74, 6) is 0.226. The van der Waals surface area contributed by atoms with E-state index in [2.05, 4.69) is 4.98 Å². The SMILES string of the molecule is CCOC(=O)c1cc(-c2cccc(OC)c2)n2nc(-c3ccc(Cl)cc3)cc2n1. The van der Waals surface area contributed by atoms with E-state index in [1.165, 1.54) is 0 Å². The van der Waals surface area contributed by atoms with Crippen LogP contribution in [0.2, 0.25) is 5.02 Å². The summed E-state index contributed by atoms with van der Waals surface area (Å²) < 4.78 is 12.2. The van der Waals surface area contributed by atoms with E-state index in [4.69, 9.17) is 26.2 Å². The molecule has 146 valence electrons. The van der Waals surface area contributed by atoms with E-state index in [9.17, 15) is 4.79 Å². The van der Waals surface area contributed by atoms with Crippen molar-refractivity contribution in [3.63, 3.8) is 0 Å². The molecule has 0 bridgehead atoms. The summed E-state index contributed by atoms with van der Waals surface area (Å²) in [6.07, 6.45) is 0. The largest absolute Gasteiger partial charge is 0.497 e. The average Bonchev–Trinajstić information content (AvgIpc) is 3.18. The molecule has 0 saturated carbocycles. The van der Waals surface area contributed by atoms with Crippen LogP contribution in [0, 0.1) is 0 Å². The van der Waals surface area contributed by atoms with E-state index in [0.717, 1.165) is 16.8 Å². The fourth-order valence-electron chi connectivity index (χ4n) is 3.03. The zero-order valence-electron chi connectivity index (χ0n) is 15.9. The fourth-order valence-corrected chi connectivity index (χ4v) is 3.16. The Balaban J connectivity index is 1.92. The summed E-state index contributed by atoms with van der Waals surface area (Å²) in [7, 11) is 1.61. The van der Waals surface area contributed by atoms with E-state index >= 15 is 0 Å². The van der Waals surface area contributed by atoms with Crippen molar-refractivity contribution in [3.05, 3.63) is 71.4 Å². The Morgan fingerprint density at radius 1 is 1.07 bits per heavy atom. The summed E-state index contributed by atoms with van der Waals surface area (Å²) in [6.45, 7) is 2.03. The number of hydrogen-bond donors (Lipinski definition) is 0. The summed E-state index contributed by atoms with van der Waals surface area (Å²) in [6, 6.07) is 18.5. The van der Waals surface area contributed by atoms with Crippen LogP contribution in [-0.2, 0) is 4.74 Å². The van der Waals surface area contributed by atoms with Crippen LogP contribution >= 0.6 is 11.6 Å². The van der Waals surface area contributed by atoms with Crippen molar-refractivity contribution in [2.45, 2.75) is 6.92 Å². The van der Waals surface area contributed by atoms with E-state index in [-0.39, 0.29) is 12.3 Å². The van der Waals surface area contributed by atoms with Gasteiger partial charge < -0.3 is 9.47 Å². The highest BCUT2D eigenvalue weighted by molar-refractivity contribution is 6.30. The van der Waals surface area contributed by atoms with Gasteiger partial charge in [0.1, 0.15) is 5.75 Å². The number of rotatable bonds is 5. The Morgan fingerprint density at radius 3 is 2.59 bits per heavy atom. The highest BCUT2D eigenvalue weighted by Crippen LogP contribution is 2.28. The van der Waals surface area contributed by atoms with Crippen LogP contribution in [0.5, 0.6) is 5.75 Å². The van der Waals surface area contributed by atoms with Crippen LogP contribution in [0.4, 0.5) is 0 Å². The maximum Gasteiger partial charge on any atom is 0.357 e. The highest BCUT2D eigenvalue weighted by Gasteiger charge is 2.17. The molecule has 7 heteroatoms. The molecular weight excluding hydrogens is 390 g/mol. The quantitative estimate of drug-likeness (QED) is 0.440. The van der Waals surface area contributed by atoms with Gasteiger partial charge in [-0.1, -0.05) is 35.9 Å². The second-order valence-electron chi connectivity index (χ2n) is 6.29. The molecule has 0 aliphatic rings. The number of methoxy groups -OCH3 is 1. The number of carbonyl (C=O) groups excluding carboxylic acids is 1. The molecular formula is C22H18ClN3O3. The van der Waals surface area contributed by atoms with Crippen LogP contribution in [0.25, 0.3) is 28.2 Å². The lowest BCUT2D eigenvalue weighted by molar-refractivity contribution is 0.0519. The average molecular weight is 408 g/mol. The van der Waals surface area contributed by atoms with Crippen LogP contribution < -0.4 is 4.74 Å². The number of carbonyl (C=O) groups is 1. The minimum absolute atomic E-state index is 0.222. The third-order valence-electron chi connectivity index (χ3n) is 4.42. The summed E-state index contributed by atoms with van der Waals surface area (Å²) in [5.41, 5.74) is 3.93. The Labute approximate surface area is 172 Å². The minimum atomic E-state index is -0.478. The standard InChI is InChI=1S/C22H18ClN3O3/c1-3-29-22(27)19-12-20(15-5-4-6-17(11-15)28-2)26-21(24-19)13-18(25-26)14-7-9-16(23)10-8-14/h4-13H,3H2,1-2H3. The lowest BCUT2D eigenvalue weighted by atomic mass is 10.1. The highest BCUT2D eigenvalue weighted by atomic mass is 35.5. The summed E-state index contributed by atoms with van der Waals surface area (Å²) >= 11 is 6.00. The van der Waals surface area contributed by atoms with Crippen molar-refractivity contribution in [1.82, 2.24) is 14.6 Å². The second kappa shape index (κ2) is 7.93. The van der Waals surface area contributed by atoms with Crippen molar-refractivity contribution in [2.75, 3.05) is 13.7 Å². The van der Waals surface area contributed by atoms with Crippen LogP contribution in [-0.4, -0.2) is 34.3 Å². The second-order valence-corrected chi connectivity index (χ2v) is 6.72. The molecule has 4 aromatic rings. The molecule has 0 spiro atoms.